The number of ether oxygens (including phenoxy) is 1. The fourth-order valence-corrected chi connectivity index (χ4v) is 3.59. The van der Waals surface area contributed by atoms with Gasteiger partial charge in [-0.25, -0.2) is 4.98 Å². The molecule has 2 aromatic rings. The van der Waals surface area contributed by atoms with Crippen molar-refractivity contribution in [2.45, 2.75) is 26.8 Å². The van der Waals surface area contributed by atoms with Gasteiger partial charge < -0.3 is 9.64 Å². The second-order valence-electron chi connectivity index (χ2n) is 6.84. The Kier molecular flexibility index (Phi) is 4.50. The van der Waals surface area contributed by atoms with E-state index < -0.39 is 0 Å². The Morgan fingerprint density at radius 3 is 2.91 bits per heavy atom. The molecule has 0 aliphatic carbocycles. The molecular formula is C18H22N2O2S. The summed E-state index contributed by atoms with van der Waals surface area (Å²) in [7, 11) is 0. The normalized spacial score (nSPS) is 19.6. The Balaban J connectivity index is 1.86. The number of thiazole rings is 1. The summed E-state index contributed by atoms with van der Waals surface area (Å²) in [6, 6.07) is 7.96. The van der Waals surface area contributed by atoms with E-state index in [0.29, 0.717) is 19.8 Å². The van der Waals surface area contributed by atoms with Crippen LogP contribution in [0.5, 0.6) is 0 Å². The van der Waals surface area contributed by atoms with E-state index in [-0.39, 0.29) is 17.4 Å². The van der Waals surface area contributed by atoms with Crippen molar-refractivity contribution in [1.82, 2.24) is 9.88 Å². The molecule has 1 aliphatic rings. The third-order valence-electron chi connectivity index (χ3n) is 3.73. The number of amides is 1. The predicted octanol–water partition coefficient (Wildman–Crippen LogP) is 3.80. The van der Waals surface area contributed by atoms with Crippen LogP contribution in [0.3, 0.4) is 0 Å². The summed E-state index contributed by atoms with van der Waals surface area (Å²) in [5.74, 6) is 0.0347. The zero-order chi connectivity index (χ0) is 16.4. The van der Waals surface area contributed by atoms with Gasteiger partial charge in [0.2, 0.25) is 5.91 Å². The lowest BCUT2D eigenvalue weighted by molar-refractivity contribution is -0.134. The number of fused-ring (bicyclic) bond motifs is 1. The molecule has 1 aromatic heterocycles. The van der Waals surface area contributed by atoms with Gasteiger partial charge in [-0.15, -0.1) is 11.3 Å². The van der Waals surface area contributed by atoms with Crippen molar-refractivity contribution >= 4 is 27.5 Å². The number of nitrogens with zero attached hydrogens (tertiary/aromatic N) is 2. The number of rotatable bonds is 2. The average Bonchev–Trinajstić information content (AvgIpc) is 2.96. The fraction of sp³-hybridized carbons (Fsp3) is 0.444. The number of para-hydroxylation sites is 1. The van der Waals surface area contributed by atoms with Gasteiger partial charge in [0.15, 0.2) is 0 Å². The lowest BCUT2D eigenvalue weighted by Crippen LogP contribution is -2.42. The van der Waals surface area contributed by atoms with E-state index in [1.165, 1.54) is 0 Å². The van der Waals surface area contributed by atoms with Gasteiger partial charge in [0, 0.05) is 6.54 Å². The average molecular weight is 330 g/mol. The van der Waals surface area contributed by atoms with E-state index in [1.807, 2.05) is 29.2 Å². The number of aromatic nitrogens is 1. The predicted molar refractivity (Wildman–Crippen MR) is 93.5 cm³/mol. The molecule has 1 fully saturated rings. The molecule has 0 N–H and O–H groups in total. The van der Waals surface area contributed by atoms with Gasteiger partial charge in [0.05, 0.1) is 23.4 Å². The van der Waals surface area contributed by atoms with Crippen molar-refractivity contribution in [3.63, 3.8) is 0 Å². The smallest absolute Gasteiger partial charge is 0.247 e. The molecule has 0 saturated carbocycles. The van der Waals surface area contributed by atoms with Crippen LogP contribution in [0.25, 0.3) is 10.2 Å². The number of hydrogen-bond acceptors (Lipinski definition) is 4. The molecular weight excluding hydrogens is 308 g/mol. The minimum Gasteiger partial charge on any atom is -0.377 e. The maximum absolute atomic E-state index is 12.6. The summed E-state index contributed by atoms with van der Waals surface area (Å²) in [6.45, 7) is 7.95. The van der Waals surface area contributed by atoms with Gasteiger partial charge in [-0.3, -0.25) is 4.79 Å². The number of hydrogen-bond donors (Lipinski definition) is 0. The number of allylic oxidation sites excluding steroid dienone is 1. The van der Waals surface area contributed by atoms with Crippen LogP contribution in [0.4, 0.5) is 0 Å². The molecule has 1 aromatic carbocycles. The fourth-order valence-electron chi connectivity index (χ4n) is 2.52. The standard InChI is InChI=1S/C18H22N2O2S/c1-18(2,3)9-8-16(21)20-10-11-22-12-14(20)17-19-13-6-4-5-7-15(13)23-17/h4-9,14H,10-12H2,1-3H3/b9-8+. The second kappa shape index (κ2) is 6.42. The lowest BCUT2D eigenvalue weighted by atomic mass is 9.96. The van der Waals surface area contributed by atoms with E-state index in [4.69, 9.17) is 9.72 Å². The van der Waals surface area contributed by atoms with Crippen molar-refractivity contribution < 1.29 is 9.53 Å². The van der Waals surface area contributed by atoms with E-state index in [0.717, 1.165) is 15.2 Å². The van der Waals surface area contributed by atoms with Crippen LogP contribution in [0.2, 0.25) is 0 Å². The number of morpholine rings is 1. The zero-order valence-corrected chi connectivity index (χ0v) is 14.6. The van der Waals surface area contributed by atoms with Gasteiger partial charge in [-0.05, 0) is 23.6 Å². The molecule has 23 heavy (non-hydrogen) atoms. The molecule has 3 rings (SSSR count). The third-order valence-corrected chi connectivity index (χ3v) is 4.87. The molecule has 1 amide bonds. The monoisotopic (exact) mass is 330 g/mol. The Morgan fingerprint density at radius 1 is 1.39 bits per heavy atom. The van der Waals surface area contributed by atoms with E-state index in [2.05, 4.69) is 26.8 Å². The quantitative estimate of drug-likeness (QED) is 0.787. The minimum atomic E-state index is -0.0988. The van der Waals surface area contributed by atoms with Crippen molar-refractivity contribution in [1.29, 1.82) is 0 Å². The summed E-state index contributed by atoms with van der Waals surface area (Å²) in [4.78, 5) is 19.2. The summed E-state index contributed by atoms with van der Waals surface area (Å²) in [6.07, 6.45) is 3.64. The molecule has 1 saturated heterocycles. The molecule has 4 nitrogen and oxygen atoms in total. The first-order chi connectivity index (χ1) is 10.9. The molecule has 2 heterocycles. The highest BCUT2D eigenvalue weighted by Gasteiger charge is 2.30. The molecule has 0 radical (unpaired) electrons. The van der Waals surface area contributed by atoms with Gasteiger partial charge in [-0.2, -0.15) is 0 Å². The SMILES string of the molecule is CC(C)(C)/C=C/C(=O)N1CCOCC1c1nc2ccccc2s1. The molecule has 1 aliphatic heterocycles. The van der Waals surface area contributed by atoms with Gasteiger partial charge in [0.1, 0.15) is 11.0 Å². The number of carbonyl (C=O) groups excluding carboxylic acids is 1. The summed E-state index contributed by atoms with van der Waals surface area (Å²) in [5, 5.41) is 0.948. The van der Waals surface area contributed by atoms with Crippen LogP contribution in [0.15, 0.2) is 36.4 Å². The first kappa shape index (κ1) is 16.1. The largest absolute Gasteiger partial charge is 0.377 e. The molecule has 1 atom stereocenters. The van der Waals surface area contributed by atoms with Gasteiger partial charge in [-0.1, -0.05) is 39.0 Å². The van der Waals surface area contributed by atoms with Crippen LogP contribution in [-0.4, -0.2) is 35.5 Å². The first-order valence-corrected chi connectivity index (χ1v) is 8.69. The molecule has 1 unspecified atom stereocenters. The number of benzene rings is 1. The van der Waals surface area contributed by atoms with Gasteiger partial charge in [0.25, 0.3) is 0 Å². The number of carbonyl (C=O) groups is 1. The summed E-state index contributed by atoms with van der Waals surface area (Å²) >= 11 is 1.64. The zero-order valence-electron chi connectivity index (χ0n) is 13.8. The lowest BCUT2D eigenvalue weighted by Gasteiger charge is -2.33. The van der Waals surface area contributed by atoms with Crippen LogP contribution in [-0.2, 0) is 9.53 Å². The first-order valence-electron chi connectivity index (χ1n) is 7.87. The maximum atomic E-state index is 12.6. The maximum Gasteiger partial charge on any atom is 0.247 e. The molecule has 5 heteroatoms. The van der Waals surface area contributed by atoms with E-state index in [1.54, 1.807) is 17.4 Å². The molecule has 0 spiro atoms. The van der Waals surface area contributed by atoms with Crippen LogP contribution >= 0.6 is 11.3 Å². The van der Waals surface area contributed by atoms with Crippen molar-refractivity contribution in [2.75, 3.05) is 19.8 Å². The summed E-state index contributed by atoms with van der Waals surface area (Å²) < 4.78 is 6.75. The highest BCUT2D eigenvalue weighted by molar-refractivity contribution is 7.18. The Bertz CT molecular complexity index is 697. The van der Waals surface area contributed by atoms with Gasteiger partial charge >= 0.3 is 0 Å². The van der Waals surface area contributed by atoms with Crippen molar-refractivity contribution in [3.8, 4) is 0 Å². The highest BCUT2D eigenvalue weighted by Crippen LogP contribution is 2.31. The third kappa shape index (κ3) is 3.79. The summed E-state index contributed by atoms with van der Waals surface area (Å²) in [5.41, 5.74) is 0.975. The van der Waals surface area contributed by atoms with Crippen LogP contribution in [0, 0.1) is 5.41 Å². The second-order valence-corrected chi connectivity index (χ2v) is 7.90. The Morgan fingerprint density at radius 2 is 2.17 bits per heavy atom. The topological polar surface area (TPSA) is 42.4 Å². The van der Waals surface area contributed by atoms with E-state index in [9.17, 15) is 4.79 Å². The highest BCUT2D eigenvalue weighted by atomic mass is 32.1. The van der Waals surface area contributed by atoms with Crippen LogP contribution < -0.4 is 0 Å². The molecule has 0 bridgehead atoms. The van der Waals surface area contributed by atoms with Crippen molar-refractivity contribution in [2.24, 2.45) is 5.41 Å². The minimum absolute atomic E-state index is 0.00664. The van der Waals surface area contributed by atoms with Crippen LogP contribution in [0.1, 0.15) is 31.8 Å². The molecule has 122 valence electrons. The van der Waals surface area contributed by atoms with E-state index >= 15 is 0 Å². The Labute approximate surface area is 140 Å². The Hall–Kier alpha value is -1.72. The van der Waals surface area contributed by atoms with Crippen molar-refractivity contribution in [3.05, 3.63) is 41.4 Å².